The summed E-state index contributed by atoms with van der Waals surface area (Å²) in [5, 5.41) is 8.19. The normalized spacial score (nSPS) is 17.8. The minimum absolute atomic E-state index is 0.00178. The first kappa shape index (κ1) is 20.4. The van der Waals surface area contributed by atoms with Gasteiger partial charge in [-0.25, -0.2) is 0 Å². The lowest BCUT2D eigenvalue weighted by atomic mass is 10.0. The molecule has 2 amide bonds. The van der Waals surface area contributed by atoms with E-state index in [1.807, 2.05) is 54.5 Å². The number of nitrogens with one attached hydrogen (secondary N) is 2. The van der Waals surface area contributed by atoms with Crippen molar-refractivity contribution in [1.82, 2.24) is 10.2 Å². The van der Waals surface area contributed by atoms with Crippen molar-refractivity contribution in [3.05, 3.63) is 51.7 Å². The number of carbonyl (C=O) groups excluding carboxylic acids is 2. The fraction of sp³-hybridized carbons (Fsp3) is 0.455. The van der Waals surface area contributed by atoms with Gasteiger partial charge in [-0.05, 0) is 75.2 Å². The molecule has 5 nitrogen and oxygen atoms in total. The van der Waals surface area contributed by atoms with E-state index in [1.165, 1.54) is 6.42 Å². The predicted molar refractivity (Wildman–Crippen MR) is 115 cm³/mol. The number of hydrogen-bond acceptors (Lipinski definition) is 4. The lowest BCUT2D eigenvalue weighted by Crippen LogP contribution is -2.42. The van der Waals surface area contributed by atoms with Gasteiger partial charge in [0.1, 0.15) is 0 Å². The van der Waals surface area contributed by atoms with Crippen LogP contribution in [0.2, 0.25) is 0 Å². The molecular weight excluding hydrogens is 370 g/mol. The van der Waals surface area contributed by atoms with Crippen LogP contribution in [0.15, 0.2) is 35.7 Å². The van der Waals surface area contributed by atoms with Gasteiger partial charge in [-0.15, -0.1) is 11.3 Å². The minimum atomic E-state index is -0.0532. The number of benzene rings is 1. The van der Waals surface area contributed by atoms with Gasteiger partial charge in [0.05, 0.1) is 12.6 Å². The Kier molecular flexibility index (Phi) is 6.73. The molecule has 1 aliphatic rings. The van der Waals surface area contributed by atoms with Crippen LogP contribution in [-0.2, 0) is 4.79 Å². The van der Waals surface area contributed by atoms with Crippen LogP contribution in [0.5, 0.6) is 0 Å². The molecule has 3 rings (SSSR count). The van der Waals surface area contributed by atoms with Crippen molar-refractivity contribution in [1.29, 1.82) is 0 Å². The van der Waals surface area contributed by atoms with Crippen LogP contribution in [0.3, 0.4) is 0 Å². The molecule has 0 aliphatic carbocycles. The predicted octanol–water partition coefficient (Wildman–Crippen LogP) is 4.36. The van der Waals surface area contributed by atoms with Crippen molar-refractivity contribution in [3.8, 4) is 0 Å². The third-order valence-corrected chi connectivity index (χ3v) is 6.38. The van der Waals surface area contributed by atoms with Crippen molar-refractivity contribution >= 4 is 28.8 Å². The Morgan fingerprint density at radius 2 is 2.11 bits per heavy atom. The summed E-state index contributed by atoms with van der Waals surface area (Å²) in [7, 11) is 0. The molecule has 2 atom stereocenters. The zero-order valence-electron chi connectivity index (χ0n) is 16.8. The number of rotatable bonds is 6. The van der Waals surface area contributed by atoms with Gasteiger partial charge in [0.2, 0.25) is 5.91 Å². The van der Waals surface area contributed by atoms with Crippen LogP contribution >= 0.6 is 11.3 Å². The highest BCUT2D eigenvalue weighted by atomic mass is 32.1. The number of thiophene rings is 1. The summed E-state index contributed by atoms with van der Waals surface area (Å²) in [5.41, 5.74) is 2.56. The first-order valence-corrected chi connectivity index (χ1v) is 10.8. The van der Waals surface area contributed by atoms with E-state index < -0.39 is 0 Å². The van der Waals surface area contributed by atoms with E-state index in [2.05, 4.69) is 17.6 Å². The molecule has 2 N–H and O–H groups in total. The average molecular weight is 400 g/mol. The molecule has 0 spiro atoms. The van der Waals surface area contributed by atoms with Gasteiger partial charge in [0.15, 0.2) is 0 Å². The third kappa shape index (κ3) is 4.93. The van der Waals surface area contributed by atoms with Crippen LogP contribution in [0.25, 0.3) is 0 Å². The number of nitrogens with zero attached hydrogens (tertiary/aromatic N) is 1. The van der Waals surface area contributed by atoms with Crippen LogP contribution in [0, 0.1) is 6.92 Å². The Hall–Kier alpha value is -2.34. The number of anilines is 1. The molecule has 2 unspecified atom stereocenters. The van der Waals surface area contributed by atoms with E-state index >= 15 is 0 Å². The number of aryl methyl sites for hydroxylation is 1. The van der Waals surface area contributed by atoms with E-state index in [0.29, 0.717) is 11.6 Å². The molecule has 1 saturated heterocycles. The number of amides is 2. The second kappa shape index (κ2) is 9.24. The third-order valence-electron chi connectivity index (χ3n) is 5.32. The summed E-state index contributed by atoms with van der Waals surface area (Å²) in [6, 6.07) is 9.97. The Bertz CT molecular complexity index is 819. The molecule has 28 heavy (non-hydrogen) atoms. The van der Waals surface area contributed by atoms with Gasteiger partial charge in [-0.2, -0.15) is 0 Å². The highest BCUT2D eigenvalue weighted by Crippen LogP contribution is 2.22. The van der Waals surface area contributed by atoms with Gasteiger partial charge >= 0.3 is 0 Å². The Labute approximate surface area is 171 Å². The molecule has 6 heteroatoms. The summed E-state index contributed by atoms with van der Waals surface area (Å²) >= 11 is 1.63. The summed E-state index contributed by atoms with van der Waals surface area (Å²) in [6.45, 7) is 7.10. The maximum atomic E-state index is 12.8. The maximum Gasteiger partial charge on any atom is 0.254 e. The first-order chi connectivity index (χ1) is 13.5. The molecule has 1 aliphatic heterocycles. The molecule has 2 heterocycles. The molecule has 150 valence electrons. The summed E-state index contributed by atoms with van der Waals surface area (Å²) < 4.78 is 0. The number of piperidine rings is 1. The topological polar surface area (TPSA) is 61.4 Å². The maximum absolute atomic E-state index is 12.8. The molecule has 0 radical (unpaired) electrons. The SMILES string of the molecule is Cc1cc(C(=O)N2CCCCC2C)ccc1NCC(=O)NC(C)c1cccs1. The van der Waals surface area contributed by atoms with Crippen molar-refractivity contribution in [2.24, 2.45) is 0 Å². The molecule has 2 aromatic rings. The Balaban J connectivity index is 1.56. The highest BCUT2D eigenvalue weighted by molar-refractivity contribution is 7.10. The number of likely N-dealkylation sites (tertiary alicyclic amines) is 1. The zero-order valence-corrected chi connectivity index (χ0v) is 17.6. The second-order valence-corrected chi connectivity index (χ2v) is 8.51. The van der Waals surface area contributed by atoms with E-state index in [9.17, 15) is 9.59 Å². The molecule has 1 fully saturated rings. The van der Waals surface area contributed by atoms with Crippen LogP contribution in [0.4, 0.5) is 5.69 Å². The highest BCUT2D eigenvalue weighted by Gasteiger charge is 2.24. The first-order valence-electron chi connectivity index (χ1n) is 9.94. The van der Waals surface area contributed by atoms with Gasteiger partial charge in [-0.3, -0.25) is 9.59 Å². The Morgan fingerprint density at radius 3 is 2.79 bits per heavy atom. The lowest BCUT2D eigenvalue weighted by molar-refractivity contribution is -0.120. The summed E-state index contributed by atoms with van der Waals surface area (Å²) in [4.78, 5) is 28.2. The van der Waals surface area contributed by atoms with Gasteiger partial charge in [0.25, 0.3) is 5.91 Å². The molecule has 0 bridgehead atoms. The Morgan fingerprint density at radius 1 is 1.29 bits per heavy atom. The monoisotopic (exact) mass is 399 g/mol. The standard InChI is InChI=1S/C22H29N3O2S/c1-15-13-18(22(27)25-11-5-4-7-16(25)2)9-10-19(15)23-14-21(26)24-17(3)20-8-6-12-28-20/h6,8-10,12-13,16-17,23H,4-5,7,11,14H2,1-3H3,(H,24,26). The number of carbonyl (C=O) groups is 2. The zero-order chi connectivity index (χ0) is 20.1. The van der Waals surface area contributed by atoms with Gasteiger partial charge < -0.3 is 15.5 Å². The lowest BCUT2D eigenvalue weighted by Gasteiger charge is -2.33. The van der Waals surface area contributed by atoms with E-state index in [-0.39, 0.29) is 24.4 Å². The van der Waals surface area contributed by atoms with Gasteiger partial charge in [-0.1, -0.05) is 6.07 Å². The molecule has 1 aromatic heterocycles. The fourth-order valence-corrected chi connectivity index (χ4v) is 4.37. The van der Waals surface area contributed by atoms with Crippen molar-refractivity contribution in [3.63, 3.8) is 0 Å². The summed E-state index contributed by atoms with van der Waals surface area (Å²) in [5.74, 6) is 0.0481. The van der Waals surface area contributed by atoms with E-state index in [0.717, 1.165) is 35.5 Å². The molecule has 1 aromatic carbocycles. The molecular formula is C22H29N3O2S. The van der Waals surface area contributed by atoms with Gasteiger partial charge in [0, 0.05) is 28.7 Å². The van der Waals surface area contributed by atoms with Crippen molar-refractivity contribution in [2.75, 3.05) is 18.4 Å². The average Bonchev–Trinajstić information content (AvgIpc) is 3.22. The largest absolute Gasteiger partial charge is 0.376 e. The minimum Gasteiger partial charge on any atom is -0.376 e. The van der Waals surface area contributed by atoms with Crippen molar-refractivity contribution < 1.29 is 9.59 Å². The summed E-state index contributed by atoms with van der Waals surface area (Å²) in [6.07, 6.45) is 3.34. The quantitative estimate of drug-likeness (QED) is 0.759. The number of hydrogen-bond donors (Lipinski definition) is 2. The van der Waals surface area contributed by atoms with Crippen molar-refractivity contribution in [2.45, 2.75) is 52.1 Å². The fourth-order valence-electron chi connectivity index (χ4n) is 3.64. The smallest absolute Gasteiger partial charge is 0.254 e. The van der Waals surface area contributed by atoms with E-state index in [4.69, 9.17) is 0 Å². The van der Waals surface area contributed by atoms with E-state index in [1.54, 1.807) is 11.3 Å². The van der Waals surface area contributed by atoms with Crippen LogP contribution in [0.1, 0.15) is 60.0 Å². The van der Waals surface area contributed by atoms with Crippen LogP contribution < -0.4 is 10.6 Å². The molecule has 0 saturated carbocycles. The van der Waals surface area contributed by atoms with Crippen LogP contribution in [-0.4, -0.2) is 35.8 Å². The second-order valence-electron chi connectivity index (χ2n) is 7.53.